The third kappa shape index (κ3) is 4.65. The van der Waals surface area contributed by atoms with Crippen LogP contribution in [0, 0.1) is 17.6 Å². The summed E-state index contributed by atoms with van der Waals surface area (Å²) < 4.78 is 31.7. The first kappa shape index (κ1) is 18.6. The molecule has 0 saturated heterocycles. The summed E-state index contributed by atoms with van der Waals surface area (Å²) in [4.78, 5) is 34.3. The van der Waals surface area contributed by atoms with Crippen LogP contribution in [-0.2, 0) is 9.53 Å². The highest BCUT2D eigenvalue weighted by Crippen LogP contribution is 2.25. The van der Waals surface area contributed by atoms with Crippen molar-refractivity contribution in [3.8, 4) is 0 Å². The van der Waals surface area contributed by atoms with E-state index in [0.717, 1.165) is 13.2 Å². The third-order valence-electron chi connectivity index (χ3n) is 4.12. The standard InChI is InChI=1S/C16H18F2N2O5/c1-25-15(23)10-6-13(12(18)7-11(10)17)20-16(24)19-9-4-2-8(3-5-9)14(21)22/h6-9H,2-5H2,1H3,(H,21,22)(H2,19,20,24). The Balaban J connectivity index is 1.99. The highest BCUT2D eigenvalue weighted by Gasteiger charge is 2.27. The fourth-order valence-electron chi connectivity index (χ4n) is 2.74. The minimum Gasteiger partial charge on any atom is -0.481 e. The number of nitrogens with one attached hydrogen (secondary N) is 2. The van der Waals surface area contributed by atoms with Gasteiger partial charge < -0.3 is 20.5 Å². The molecular weight excluding hydrogens is 338 g/mol. The van der Waals surface area contributed by atoms with E-state index in [1.807, 2.05) is 0 Å². The lowest BCUT2D eigenvalue weighted by Gasteiger charge is -2.26. The van der Waals surface area contributed by atoms with E-state index in [1.54, 1.807) is 0 Å². The summed E-state index contributed by atoms with van der Waals surface area (Å²) in [6.45, 7) is 0. The number of ether oxygens (including phenoxy) is 1. The summed E-state index contributed by atoms with van der Waals surface area (Å²) in [5.41, 5.74) is -0.861. The lowest BCUT2D eigenvalue weighted by Crippen LogP contribution is -2.41. The number of esters is 1. The molecule has 3 N–H and O–H groups in total. The van der Waals surface area contributed by atoms with Gasteiger partial charge in [0.15, 0.2) is 0 Å². The monoisotopic (exact) mass is 356 g/mol. The Hall–Kier alpha value is -2.71. The maximum absolute atomic E-state index is 13.8. The lowest BCUT2D eigenvalue weighted by molar-refractivity contribution is -0.142. The molecule has 136 valence electrons. The Bertz CT molecular complexity index is 687. The number of carboxylic acid groups (broad SMARTS) is 1. The predicted octanol–water partition coefficient (Wildman–Crippen LogP) is 2.52. The van der Waals surface area contributed by atoms with Crippen LogP contribution in [0.1, 0.15) is 36.0 Å². The predicted molar refractivity (Wildman–Crippen MR) is 83.2 cm³/mol. The van der Waals surface area contributed by atoms with Crippen LogP contribution in [0.25, 0.3) is 0 Å². The minimum atomic E-state index is -1.10. The van der Waals surface area contributed by atoms with Gasteiger partial charge in [0.05, 0.1) is 24.3 Å². The van der Waals surface area contributed by atoms with E-state index in [-0.39, 0.29) is 11.7 Å². The molecule has 2 rings (SSSR count). The van der Waals surface area contributed by atoms with Crippen molar-refractivity contribution in [3.05, 3.63) is 29.3 Å². The Morgan fingerprint density at radius 2 is 1.76 bits per heavy atom. The van der Waals surface area contributed by atoms with Crippen LogP contribution in [0.15, 0.2) is 12.1 Å². The molecular formula is C16H18F2N2O5. The second kappa shape index (κ2) is 7.91. The highest BCUT2D eigenvalue weighted by molar-refractivity contribution is 5.94. The van der Waals surface area contributed by atoms with Gasteiger partial charge in [-0.3, -0.25) is 4.79 Å². The number of carbonyl (C=O) groups is 3. The zero-order valence-electron chi connectivity index (χ0n) is 13.5. The van der Waals surface area contributed by atoms with E-state index in [2.05, 4.69) is 15.4 Å². The van der Waals surface area contributed by atoms with Gasteiger partial charge in [0.1, 0.15) is 11.6 Å². The smallest absolute Gasteiger partial charge is 0.340 e. The third-order valence-corrected chi connectivity index (χ3v) is 4.12. The van der Waals surface area contributed by atoms with Crippen molar-refractivity contribution < 1.29 is 33.0 Å². The number of urea groups is 1. The summed E-state index contributed by atoms with van der Waals surface area (Å²) in [6.07, 6.45) is 1.86. The quantitative estimate of drug-likeness (QED) is 0.719. The van der Waals surface area contributed by atoms with E-state index in [9.17, 15) is 23.2 Å². The Labute approximate surface area is 142 Å². The van der Waals surface area contributed by atoms with Crippen molar-refractivity contribution in [2.24, 2.45) is 5.92 Å². The molecule has 1 aromatic rings. The summed E-state index contributed by atoms with van der Waals surface area (Å²) in [6, 6.07) is 0.386. The Morgan fingerprint density at radius 3 is 2.32 bits per heavy atom. The van der Waals surface area contributed by atoms with Gasteiger partial charge in [-0.25, -0.2) is 18.4 Å². The van der Waals surface area contributed by atoms with Crippen LogP contribution in [0.2, 0.25) is 0 Å². The molecule has 1 aliphatic rings. The van der Waals surface area contributed by atoms with Gasteiger partial charge in [0.25, 0.3) is 0 Å². The zero-order valence-corrected chi connectivity index (χ0v) is 13.5. The number of amides is 2. The molecule has 1 aliphatic carbocycles. The molecule has 0 heterocycles. The van der Waals surface area contributed by atoms with Crippen molar-refractivity contribution in [1.82, 2.24) is 5.32 Å². The molecule has 9 heteroatoms. The number of hydrogen-bond acceptors (Lipinski definition) is 4. The van der Waals surface area contributed by atoms with Crippen molar-refractivity contribution in [3.63, 3.8) is 0 Å². The number of benzene rings is 1. The topological polar surface area (TPSA) is 105 Å². The molecule has 0 aliphatic heterocycles. The second-order valence-corrected chi connectivity index (χ2v) is 5.79. The second-order valence-electron chi connectivity index (χ2n) is 5.79. The fourth-order valence-corrected chi connectivity index (χ4v) is 2.74. The molecule has 0 bridgehead atoms. The van der Waals surface area contributed by atoms with Gasteiger partial charge in [0, 0.05) is 12.1 Å². The van der Waals surface area contributed by atoms with E-state index in [0.29, 0.717) is 31.7 Å². The minimum absolute atomic E-state index is 0.237. The summed E-state index contributed by atoms with van der Waals surface area (Å²) in [5.74, 6) is -4.39. The molecule has 1 aromatic carbocycles. The van der Waals surface area contributed by atoms with Gasteiger partial charge in [-0.2, -0.15) is 0 Å². The highest BCUT2D eigenvalue weighted by atomic mass is 19.1. The molecule has 0 radical (unpaired) electrons. The van der Waals surface area contributed by atoms with E-state index in [4.69, 9.17) is 5.11 Å². The van der Waals surface area contributed by atoms with Crippen LogP contribution < -0.4 is 10.6 Å². The van der Waals surface area contributed by atoms with Gasteiger partial charge in [-0.05, 0) is 31.7 Å². The zero-order chi connectivity index (χ0) is 18.6. The van der Waals surface area contributed by atoms with Crippen LogP contribution in [0.3, 0.4) is 0 Å². The molecule has 0 spiro atoms. The molecule has 25 heavy (non-hydrogen) atoms. The van der Waals surface area contributed by atoms with Crippen molar-refractivity contribution in [2.45, 2.75) is 31.7 Å². The van der Waals surface area contributed by atoms with Crippen LogP contribution >= 0.6 is 0 Å². The number of hydrogen-bond donors (Lipinski definition) is 3. The number of halogens is 2. The van der Waals surface area contributed by atoms with Gasteiger partial charge in [-0.15, -0.1) is 0 Å². The number of rotatable bonds is 4. The summed E-state index contributed by atoms with van der Waals surface area (Å²) in [7, 11) is 1.05. The molecule has 0 atom stereocenters. The number of carboxylic acids is 1. The molecule has 1 fully saturated rings. The van der Waals surface area contributed by atoms with Crippen molar-refractivity contribution >= 4 is 23.7 Å². The summed E-state index contributed by atoms with van der Waals surface area (Å²) >= 11 is 0. The average molecular weight is 356 g/mol. The van der Waals surface area contributed by atoms with Crippen LogP contribution in [0.5, 0.6) is 0 Å². The fraction of sp³-hybridized carbons (Fsp3) is 0.438. The molecule has 0 unspecified atom stereocenters. The maximum atomic E-state index is 13.8. The van der Waals surface area contributed by atoms with Crippen LogP contribution in [-0.4, -0.2) is 36.2 Å². The van der Waals surface area contributed by atoms with Crippen LogP contribution in [0.4, 0.5) is 19.3 Å². The van der Waals surface area contributed by atoms with Crippen molar-refractivity contribution in [2.75, 3.05) is 12.4 Å². The number of anilines is 1. The van der Waals surface area contributed by atoms with Gasteiger partial charge in [0.2, 0.25) is 0 Å². The number of aliphatic carboxylic acids is 1. The number of methoxy groups -OCH3 is 1. The Morgan fingerprint density at radius 1 is 1.12 bits per heavy atom. The van der Waals surface area contributed by atoms with Gasteiger partial charge >= 0.3 is 18.0 Å². The van der Waals surface area contributed by atoms with E-state index >= 15 is 0 Å². The molecule has 0 aromatic heterocycles. The van der Waals surface area contributed by atoms with E-state index in [1.165, 1.54) is 0 Å². The lowest BCUT2D eigenvalue weighted by atomic mass is 9.86. The largest absolute Gasteiger partial charge is 0.481 e. The molecule has 7 nitrogen and oxygen atoms in total. The van der Waals surface area contributed by atoms with Gasteiger partial charge in [-0.1, -0.05) is 0 Å². The molecule has 1 saturated carbocycles. The first-order valence-corrected chi connectivity index (χ1v) is 7.69. The first-order valence-electron chi connectivity index (χ1n) is 7.69. The first-order chi connectivity index (χ1) is 11.8. The Kier molecular flexibility index (Phi) is 5.89. The maximum Gasteiger partial charge on any atom is 0.340 e. The number of carbonyl (C=O) groups excluding carboxylic acids is 2. The van der Waals surface area contributed by atoms with E-state index < -0.39 is 41.1 Å². The molecule has 2 amide bonds. The van der Waals surface area contributed by atoms with Crippen molar-refractivity contribution in [1.29, 1.82) is 0 Å². The summed E-state index contributed by atoms with van der Waals surface area (Å²) in [5, 5.41) is 13.8. The SMILES string of the molecule is COC(=O)c1cc(NC(=O)NC2CCC(C(=O)O)CC2)c(F)cc1F. The normalized spacial score (nSPS) is 19.8. The average Bonchev–Trinajstić information content (AvgIpc) is 2.57.